The Morgan fingerprint density at radius 1 is 1.35 bits per heavy atom. The lowest BCUT2D eigenvalue weighted by Crippen LogP contribution is -2.38. The first-order valence-corrected chi connectivity index (χ1v) is 8.53. The standard InChI is InChI=1S/C18H22ClN3O/c1-2-16-20-10-12-22(16)11-7-17(23)21-18(8-9-18)13-14-3-5-15(19)6-4-14/h3-6,10,12H,2,7-9,11,13H2,1H3,(H,21,23). The minimum Gasteiger partial charge on any atom is -0.350 e. The number of nitrogens with zero attached hydrogens (tertiary/aromatic N) is 2. The van der Waals surface area contributed by atoms with Gasteiger partial charge in [0.2, 0.25) is 5.91 Å². The van der Waals surface area contributed by atoms with Crippen LogP contribution in [0.25, 0.3) is 0 Å². The van der Waals surface area contributed by atoms with Crippen LogP contribution in [0, 0.1) is 0 Å². The first kappa shape index (κ1) is 16.1. The van der Waals surface area contributed by atoms with Crippen molar-refractivity contribution >= 4 is 17.5 Å². The molecule has 1 amide bonds. The zero-order valence-electron chi connectivity index (χ0n) is 13.4. The summed E-state index contributed by atoms with van der Waals surface area (Å²) in [5.74, 6) is 1.15. The van der Waals surface area contributed by atoms with Crippen molar-refractivity contribution in [3.8, 4) is 0 Å². The van der Waals surface area contributed by atoms with E-state index in [1.807, 2.05) is 30.5 Å². The van der Waals surface area contributed by atoms with E-state index in [0.717, 1.165) is 36.5 Å². The fraction of sp³-hybridized carbons (Fsp3) is 0.444. The Balaban J connectivity index is 1.52. The van der Waals surface area contributed by atoms with E-state index >= 15 is 0 Å². The molecule has 23 heavy (non-hydrogen) atoms. The summed E-state index contributed by atoms with van der Waals surface area (Å²) in [6.45, 7) is 2.76. The lowest BCUT2D eigenvalue weighted by atomic mass is 10.0. The van der Waals surface area contributed by atoms with Crippen LogP contribution >= 0.6 is 11.6 Å². The molecule has 0 saturated heterocycles. The molecule has 1 heterocycles. The molecule has 0 spiro atoms. The summed E-state index contributed by atoms with van der Waals surface area (Å²) in [5, 5.41) is 3.97. The lowest BCUT2D eigenvalue weighted by molar-refractivity contribution is -0.122. The van der Waals surface area contributed by atoms with Gasteiger partial charge in [0, 0.05) is 42.3 Å². The predicted octanol–water partition coefficient (Wildman–Crippen LogP) is 3.38. The second kappa shape index (κ2) is 6.75. The molecule has 0 unspecified atom stereocenters. The fourth-order valence-electron chi connectivity index (χ4n) is 2.93. The Hall–Kier alpha value is -1.81. The minimum absolute atomic E-state index is 0.0482. The van der Waals surface area contributed by atoms with Crippen LogP contribution in [0.5, 0.6) is 0 Å². The number of benzene rings is 1. The van der Waals surface area contributed by atoms with Crippen molar-refractivity contribution in [2.45, 2.75) is 51.1 Å². The quantitative estimate of drug-likeness (QED) is 0.845. The summed E-state index contributed by atoms with van der Waals surface area (Å²) in [4.78, 5) is 16.6. The normalized spacial score (nSPS) is 15.4. The molecule has 1 aliphatic carbocycles. The highest BCUT2D eigenvalue weighted by atomic mass is 35.5. The first-order valence-electron chi connectivity index (χ1n) is 8.16. The number of aryl methyl sites for hydroxylation is 2. The molecular formula is C18H22ClN3O. The molecule has 1 aliphatic rings. The number of nitrogens with one attached hydrogen (secondary N) is 1. The molecule has 0 aliphatic heterocycles. The molecule has 1 N–H and O–H groups in total. The zero-order valence-corrected chi connectivity index (χ0v) is 14.1. The number of hydrogen-bond donors (Lipinski definition) is 1. The maximum absolute atomic E-state index is 12.3. The Labute approximate surface area is 141 Å². The van der Waals surface area contributed by atoms with Gasteiger partial charge in [-0.1, -0.05) is 30.7 Å². The third kappa shape index (κ3) is 4.14. The molecule has 122 valence electrons. The first-order chi connectivity index (χ1) is 11.1. The largest absolute Gasteiger partial charge is 0.350 e. The molecule has 5 heteroatoms. The number of rotatable bonds is 7. The molecule has 3 rings (SSSR count). The smallest absolute Gasteiger partial charge is 0.222 e. The third-order valence-electron chi connectivity index (χ3n) is 4.41. The number of aromatic nitrogens is 2. The summed E-state index contributed by atoms with van der Waals surface area (Å²) < 4.78 is 2.05. The maximum atomic E-state index is 12.3. The highest BCUT2D eigenvalue weighted by molar-refractivity contribution is 6.30. The number of hydrogen-bond acceptors (Lipinski definition) is 2. The summed E-state index contributed by atoms with van der Waals surface area (Å²) in [6.07, 6.45) is 8.08. The monoisotopic (exact) mass is 331 g/mol. The minimum atomic E-state index is -0.0482. The van der Waals surface area contributed by atoms with Crippen LogP contribution in [-0.2, 0) is 24.2 Å². The Morgan fingerprint density at radius 2 is 2.09 bits per heavy atom. The molecule has 4 nitrogen and oxygen atoms in total. The summed E-state index contributed by atoms with van der Waals surface area (Å²) in [6, 6.07) is 7.88. The number of carbonyl (C=O) groups is 1. The Bertz CT molecular complexity index is 674. The van der Waals surface area contributed by atoms with Crippen LogP contribution in [0.4, 0.5) is 0 Å². The van der Waals surface area contributed by atoms with E-state index in [9.17, 15) is 4.79 Å². The van der Waals surface area contributed by atoms with Gasteiger partial charge in [0.1, 0.15) is 5.82 Å². The van der Waals surface area contributed by atoms with E-state index in [2.05, 4.69) is 21.8 Å². The molecule has 1 aromatic carbocycles. The number of halogens is 1. The molecule has 1 saturated carbocycles. The highest BCUT2D eigenvalue weighted by Crippen LogP contribution is 2.38. The average Bonchev–Trinajstić information content (AvgIpc) is 3.12. The van der Waals surface area contributed by atoms with Gasteiger partial charge in [0.05, 0.1) is 0 Å². The number of imidazole rings is 1. The average molecular weight is 332 g/mol. The van der Waals surface area contributed by atoms with E-state index < -0.39 is 0 Å². The van der Waals surface area contributed by atoms with Crippen LogP contribution in [-0.4, -0.2) is 21.0 Å². The van der Waals surface area contributed by atoms with Gasteiger partial charge in [-0.25, -0.2) is 4.98 Å². The van der Waals surface area contributed by atoms with Crippen molar-refractivity contribution < 1.29 is 4.79 Å². The van der Waals surface area contributed by atoms with Gasteiger partial charge in [-0.2, -0.15) is 0 Å². The molecule has 0 radical (unpaired) electrons. The van der Waals surface area contributed by atoms with E-state index in [1.54, 1.807) is 6.20 Å². The van der Waals surface area contributed by atoms with Crippen LogP contribution < -0.4 is 5.32 Å². The molecule has 1 fully saturated rings. The van der Waals surface area contributed by atoms with Crippen LogP contribution in [0.3, 0.4) is 0 Å². The van der Waals surface area contributed by atoms with Crippen molar-refractivity contribution in [2.75, 3.05) is 0 Å². The third-order valence-corrected chi connectivity index (χ3v) is 4.66. The number of amides is 1. The van der Waals surface area contributed by atoms with Gasteiger partial charge in [-0.15, -0.1) is 0 Å². The maximum Gasteiger partial charge on any atom is 0.222 e. The Kier molecular flexibility index (Phi) is 4.71. The Morgan fingerprint density at radius 3 is 2.74 bits per heavy atom. The SMILES string of the molecule is CCc1nccn1CCC(=O)NC1(Cc2ccc(Cl)cc2)CC1. The van der Waals surface area contributed by atoms with Crippen molar-refractivity contribution in [1.82, 2.24) is 14.9 Å². The topological polar surface area (TPSA) is 46.9 Å². The van der Waals surface area contributed by atoms with Crippen molar-refractivity contribution in [2.24, 2.45) is 0 Å². The number of carbonyl (C=O) groups excluding carboxylic acids is 1. The lowest BCUT2D eigenvalue weighted by Gasteiger charge is -2.18. The van der Waals surface area contributed by atoms with E-state index in [-0.39, 0.29) is 11.4 Å². The summed E-state index contributed by atoms with van der Waals surface area (Å²) >= 11 is 5.92. The van der Waals surface area contributed by atoms with Crippen molar-refractivity contribution in [3.63, 3.8) is 0 Å². The molecule has 0 bridgehead atoms. The highest BCUT2D eigenvalue weighted by Gasteiger charge is 2.43. The van der Waals surface area contributed by atoms with E-state index in [1.165, 1.54) is 5.56 Å². The van der Waals surface area contributed by atoms with Crippen LogP contribution in [0.2, 0.25) is 5.02 Å². The zero-order chi connectivity index (χ0) is 16.3. The predicted molar refractivity (Wildman–Crippen MR) is 91.5 cm³/mol. The molecule has 1 aromatic heterocycles. The fourth-order valence-corrected chi connectivity index (χ4v) is 3.05. The van der Waals surface area contributed by atoms with Crippen LogP contribution in [0.1, 0.15) is 37.6 Å². The van der Waals surface area contributed by atoms with Crippen molar-refractivity contribution in [1.29, 1.82) is 0 Å². The van der Waals surface area contributed by atoms with Gasteiger partial charge in [0.15, 0.2) is 0 Å². The second-order valence-corrected chi connectivity index (χ2v) is 6.71. The second-order valence-electron chi connectivity index (χ2n) is 6.27. The molecule has 2 aromatic rings. The van der Waals surface area contributed by atoms with Crippen molar-refractivity contribution in [3.05, 3.63) is 53.1 Å². The van der Waals surface area contributed by atoms with E-state index in [4.69, 9.17) is 11.6 Å². The molecule has 0 atom stereocenters. The van der Waals surface area contributed by atoms with Gasteiger partial charge in [0.25, 0.3) is 0 Å². The van der Waals surface area contributed by atoms with Gasteiger partial charge < -0.3 is 9.88 Å². The van der Waals surface area contributed by atoms with E-state index in [0.29, 0.717) is 13.0 Å². The van der Waals surface area contributed by atoms with Gasteiger partial charge in [-0.3, -0.25) is 4.79 Å². The van der Waals surface area contributed by atoms with Gasteiger partial charge in [-0.05, 0) is 37.0 Å². The summed E-state index contributed by atoms with van der Waals surface area (Å²) in [5.41, 5.74) is 1.17. The van der Waals surface area contributed by atoms with Gasteiger partial charge >= 0.3 is 0 Å². The molecular weight excluding hydrogens is 310 g/mol. The van der Waals surface area contributed by atoms with Crippen LogP contribution in [0.15, 0.2) is 36.7 Å². The summed E-state index contributed by atoms with van der Waals surface area (Å²) in [7, 11) is 0.